The molecule has 2 rings (SSSR count). The normalized spacial score (nSPS) is 11.1. The zero-order valence-electron chi connectivity index (χ0n) is 13.6. The van der Waals surface area contributed by atoms with Crippen LogP contribution in [0, 0.1) is 23.1 Å². The Morgan fingerprint density at radius 1 is 1.12 bits per heavy atom. The van der Waals surface area contributed by atoms with E-state index < -0.39 is 23.4 Å². The molecule has 7 heteroatoms. The second kappa shape index (κ2) is 7.93. The van der Waals surface area contributed by atoms with E-state index in [0.717, 1.165) is 12.1 Å². The van der Waals surface area contributed by atoms with Crippen LogP contribution in [0.15, 0.2) is 42.5 Å². The molecule has 128 valence electrons. The van der Waals surface area contributed by atoms with Crippen molar-refractivity contribution in [2.75, 3.05) is 19.5 Å². The lowest BCUT2D eigenvalue weighted by molar-refractivity contribution is -0.117. The van der Waals surface area contributed by atoms with E-state index in [-0.39, 0.29) is 17.0 Å². The first-order chi connectivity index (χ1) is 12.0. The molecule has 1 N–H and O–H groups in total. The number of carbonyl (C=O) groups is 2. The number of anilines is 1. The fraction of sp³-hybridized carbons (Fsp3) is 0.167. The van der Waals surface area contributed by atoms with Gasteiger partial charge in [-0.2, -0.15) is 5.26 Å². The first-order valence-electron chi connectivity index (χ1n) is 7.23. The van der Waals surface area contributed by atoms with Gasteiger partial charge in [-0.05, 0) is 36.4 Å². The Bertz CT molecular complexity index is 828. The molecule has 2 aromatic carbocycles. The quantitative estimate of drug-likeness (QED) is 0.644. The predicted molar refractivity (Wildman–Crippen MR) is 88.0 cm³/mol. The third-order valence-corrected chi connectivity index (χ3v) is 3.43. The van der Waals surface area contributed by atoms with Crippen LogP contribution in [-0.4, -0.2) is 25.9 Å². The van der Waals surface area contributed by atoms with Crippen molar-refractivity contribution in [3.8, 4) is 17.6 Å². The second-order valence-corrected chi connectivity index (χ2v) is 4.96. The summed E-state index contributed by atoms with van der Waals surface area (Å²) in [6.07, 6.45) is 0. The van der Waals surface area contributed by atoms with E-state index in [4.69, 9.17) is 9.47 Å². The second-order valence-electron chi connectivity index (χ2n) is 4.96. The molecule has 0 fully saturated rings. The fourth-order valence-electron chi connectivity index (χ4n) is 2.22. The fourth-order valence-corrected chi connectivity index (χ4v) is 2.22. The number of ether oxygens (including phenoxy) is 2. The van der Waals surface area contributed by atoms with Crippen LogP contribution < -0.4 is 14.8 Å². The predicted octanol–water partition coefficient (Wildman–Crippen LogP) is 2.80. The Morgan fingerprint density at radius 3 is 2.36 bits per heavy atom. The van der Waals surface area contributed by atoms with Crippen LogP contribution in [0.2, 0.25) is 0 Å². The van der Waals surface area contributed by atoms with E-state index in [9.17, 15) is 19.2 Å². The van der Waals surface area contributed by atoms with Crippen LogP contribution in [0.3, 0.4) is 0 Å². The third-order valence-electron chi connectivity index (χ3n) is 3.43. The number of amides is 1. The number of benzene rings is 2. The van der Waals surface area contributed by atoms with Crippen molar-refractivity contribution in [1.29, 1.82) is 5.26 Å². The summed E-state index contributed by atoms with van der Waals surface area (Å²) in [6.45, 7) is 0. The maximum Gasteiger partial charge on any atom is 0.249 e. The number of nitrogens with one attached hydrogen (secondary N) is 1. The zero-order chi connectivity index (χ0) is 18.4. The van der Waals surface area contributed by atoms with Gasteiger partial charge in [0, 0.05) is 5.69 Å². The largest absolute Gasteiger partial charge is 0.493 e. The number of para-hydroxylation sites is 1. The van der Waals surface area contributed by atoms with Gasteiger partial charge in [0.25, 0.3) is 0 Å². The molecule has 0 aliphatic heterocycles. The molecule has 6 nitrogen and oxygen atoms in total. The monoisotopic (exact) mass is 342 g/mol. The summed E-state index contributed by atoms with van der Waals surface area (Å²) < 4.78 is 23.2. The molecule has 0 spiro atoms. The molecule has 0 bridgehead atoms. The van der Waals surface area contributed by atoms with Gasteiger partial charge in [0.05, 0.1) is 25.9 Å². The number of methoxy groups -OCH3 is 2. The number of halogens is 1. The van der Waals surface area contributed by atoms with Gasteiger partial charge in [0.15, 0.2) is 23.2 Å². The molecule has 0 aliphatic carbocycles. The minimum absolute atomic E-state index is 0.0580. The number of Topliss-reactive ketones (excluding diaryl/α,β-unsaturated/α-hetero) is 1. The Labute approximate surface area is 143 Å². The number of hydrogen-bond donors (Lipinski definition) is 1. The molecule has 0 heterocycles. The topological polar surface area (TPSA) is 88.4 Å². The Hall–Kier alpha value is -3.40. The summed E-state index contributed by atoms with van der Waals surface area (Å²) in [6, 6.07) is 11.3. The zero-order valence-corrected chi connectivity index (χ0v) is 13.6. The summed E-state index contributed by atoms with van der Waals surface area (Å²) in [5, 5.41) is 11.7. The van der Waals surface area contributed by atoms with Gasteiger partial charge in [-0.3, -0.25) is 9.59 Å². The highest BCUT2D eigenvalue weighted by Crippen LogP contribution is 2.32. The van der Waals surface area contributed by atoms with Crippen molar-refractivity contribution < 1.29 is 23.5 Å². The van der Waals surface area contributed by atoms with Crippen molar-refractivity contribution in [2.24, 2.45) is 5.92 Å². The first kappa shape index (κ1) is 17.9. The van der Waals surface area contributed by atoms with Crippen LogP contribution >= 0.6 is 0 Å². The van der Waals surface area contributed by atoms with Crippen LogP contribution in [0.25, 0.3) is 0 Å². The van der Waals surface area contributed by atoms with E-state index in [0.29, 0.717) is 5.75 Å². The van der Waals surface area contributed by atoms with Gasteiger partial charge >= 0.3 is 0 Å². The molecular weight excluding hydrogens is 327 g/mol. The first-order valence-corrected chi connectivity index (χ1v) is 7.23. The Balaban J connectivity index is 2.28. The van der Waals surface area contributed by atoms with E-state index >= 15 is 0 Å². The molecule has 1 unspecified atom stereocenters. The number of rotatable bonds is 6. The van der Waals surface area contributed by atoms with Crippen molar-refractivity contribution in [3.63, 3.8) is 0 Å². The highest BCUT2D eigenvalue weighted by molar-refractivity contribution is 6.16. The van der Waals surface area contributed by atoms with Crippen molar-refractivity contribution in [3.05, 3.63) is 53.8 Å². The number of nitriles is 1. The van der Waals surface area contributed by atoms with Crippen LogP contribution in [0.4, 0.5) is 10.1 Å². The minimum atomic E-state index is -1.59. The van der Waals surface area contributed by atoms with Crippen molar-refractivity contribution >= 4 is 17.4 Å². The van der Waals surface area contributed by atoms with Crippen molar-refractivity contribution in [2.45, 2.75) is 0 Å². The smallest absolute Gasteiger partial charge is 0.249 e. The maximum absolute atomic E-state index is 12.9. The molecule has 1 amide bonds. The number of hydrogen-bond acceptors (Lipinski definition) is 5. The average Bonchev–Trinajstić information content (AvgIpc) is 2.63. The Morgan fingerprint density at radius 2 is 1.80 bits per heavy atom. The molecule has 0 saturated carbocycles. The molecule has 0 saturated heterocycles. The number of nitrogens with zero attached hydrogens (tertiary/aromatic N) is 1. The van der Waals surface area contributed by atoms with Gasteiger partial charge in [0.1, 0.15) is 5.82 Å². The summed E-state index contributed by atoms with van der Waals surface area (Å²) in [5.41, 5.74) is 0.333. The average molecular weight is 342 g/mol. The van der Waals surface area contributed by atoms with Gasteiger partial charge in [-0.25, -0.2) is 4.39 Å². The molecule has 0 radical (unpaired) electrons. The van der Waals surface area contributed by atoms with E-state index in [1.807, 2.05) is 0 Å². The summed E-state index contributed by atoms with van der Waals surface area (Å²) in [4.78, 5) is 24.9. The third kappa shape index (κ3) is 3.93. The lowest BCUT2D eigenvalue weighted by atomic mass is 9.96. The summed E-state index contributed by atoms with van der Waals surface area (Å²) >= 11 is 0. The minimum Gasteiger partial charge on any atom is -0.493 e. The molecule has 25 heavy (non-hydrogen) atoms. The van der Waals surface area contributed by atoms with E-state index in [2.05, 4.69) is 5.32 Å². The highest BCUT2D eigenvalue weighted by Gasteiger charge is 2.30. The van der Waals surface area contributed by atoms with Gasteiger partial charge < -0.3 is 14.8 Å². The SMILES string of the molecule is COc1cccc(C(=O)C(C#N)C(=O)Nc2ccc(F)cc2)c1OC. The molecular formula is C18H15FN2O4. The Kier molecular flexibility index (Phi) is 5.69. The van der Waals surface area contributed by atoms with Crippen LogP contribution in [-0.2, 0) is 4.79 Å². The van der Waals surface area contributed by atoms with E-state index in [1.165, 1.54) is 32.4 Å². The van der Waals surface area contributed by atoms with Gasteiger partial charge in [-0.1, -0.05) is 6.07 Å². The molecule has 0 aromatic heterocycles. The highest BCUT2D eigenvalue weighted by atomic mass is 19.1. The maximum atomic E-state index is 12.9. The summed E-state index contributed by atoms with van der Waals surface area (Å²) in [7, 11) is 2.77. The number of carbonyl (C=O) groups excluding carboxylic acids is 2. The number of ketones is 1. The van der Waals surface area contributed by atoms with Crippen molar-refractivity contribution in [1.82, 2.24) is 0 Å². The molecule has 1 atom stereocenters. The van der Waals surface area contributed by atoms with E-state index in [1.54, 1.807) is 18.2 Å². The van der Waals surface area contributed by atoms with Crippen LogP contribution in [0.5, 0.6) is 11.5 Å². The van der Waals surface area contributed by atoms with Gasteiger partial charge in [0.2, 0.25) is 5.91 Å². The molecule has 2 aromatic rings. The lowest BCUT2D eigenvalue weighted by Crippen LogP contribution is -2.29. The lowest BCUT2D eigenvalue weighted by Gasteiger charge is -2.14. The van der Waals surface area contributed by atoms with Gasteiger partial charge in [-0.15, -0.1) is 0 Å². The standard InChI is InChI=1S/C18H15FN2O4/c1-24-15-5-3-4-13(17(15)25-2)16(22)14(10-20)18(23)21-12-8-6-11(19)7-9-12/h3-9,14H,1-2H3,(H,21,23). The van der Waals surface area contributed by atoms with Crippen LogP contribution in [0.1, 0.15) is 10.4 Å². The molecule has 0 aliphatic rings. The summed E-state index contributed by atoms with van der Waals surface area (Å²) in [5.74, 6) is -3.14.